The van der Waals surface area contributed by atoms with Crippen molar-refractivity contribution in [2.24, 2.45) is 5.92 Å². The van der Waals surface area contributed by atoms with E-state index in [-0.39, 0.29) is 28.2 Å². The van der Waals surface area contributed by atoms with Crippen molar-refractivity contribution in [1.29, 1.82) is 0 Å². The highest BCUT2D eigenvalue weighted by Gasteiger charge is 2.45. The molecule has 2 atom stereocenters. The molecule has 2 heterocycles. The van der Waals surface area contributed by atoms with Gasteiger partial charge in [-0.1, -0.05) is 0 Å². The molecule has 24 heavy (non-hydrogen) atoms. The average Bonchev–Trinajstić information content (AvgIpc) is 3.00. The molecular formula is C17H21BrF2N2O2. The van der Waals surface area contributed by atoms with Crippen molar-refractivity contribution in [3.63, 3.8) is 0 Å². The van der Waals surface area contributed by atoms with Gasteiger partial charge < -0.3 is 14.5 Å². The lowest BCUT2D eigenvalue weighted by Gasteiger charge is -2.29. The second kappa shape index (κ2) is 6.17. The first-order valence-corrected chi connectivity index (χ1v) is 8.84. The van der Waals surface area contributed by atoms with Gasteiger partial charge in [0.15, 0.2) is 0 Å². The molecular weight excluding hydrogens is 382 g/mol. The second-order valence-electron chi connectivity index (χ2n) is 7.41. The van der Waals surface area contributed by atoms with Crippen molar-refractivity contribution in [1.82, 2.24) is 4.90 Å². The number of benzene rings is 1. The van der Waals surface area contributed by atoms with E-state index in [0.29, 0.717) is 19.6 Å². The fourth-order valence-corrected chi connectivity index (χ4v) is 3.78. The van der Waals surface area contributed by atoms with E-state index < -0.39 is 17.2 Å². The first-order chi connectivity index (χ1) is 11.2. The van der Waals surface area contributed by atoms with Gasteiger partial charge in [-0.3, -0.25) is 0 Å². The molecule has 132 valence electrons. The van der Waals surface area contributed by atoms with Crippen molar-refractivity contribution in [2.75, 3.05) is 24.5 Å². The maximum Gasteiger partial charge on any atom is 0.410 e. The van der Waals surface area contributed by atoms with Crippen LogP contribution in [0.3, 0.4) is 0 Å². The molecule has 0 bridgehead atoms. The van der Waals surface area contributed by atoms with Crippen molar-refractivity contribution < 1.29 is 18.3 Å². The van der Waals surface area contributed by atoms with E-state index in [1.807, 2.05) is 25.7 Å². The summed E-state index contributed by atoms with van der Waals surface area (Å²) in [5, 5.41) is 0. The largest absolute Gasteiger partial charge is 0.444 e. The summed E-state index contributed by atoms with van der Waals surface area (Å²) in [5.74, 6) is -0.705. The van der Waals surface area contributed by atoms with Crippen LogP contribution in [0.4, 0.5) is 19.3 Å². The lowest BCUT2D eigenvalue weighted by molar-refractivity contribution is 0.0229. The molecule has 4 nitrogen and oxygen atoms in total. The lowest BCUT2D eigenvalue weighted by Crippen LogP contribution is -2.42. The minimum absolute atomic E-state index is 0.0223. The van der Waals surface area contributed by atoms with Gasteiger partial charge in [0.1, 0.15) is 17.2 Å². The van der Waals surface area contributed by atoms with Gasteiger partial charge in [-0.25, -0.2) is 13.6 Å². The maximum atomic E-state index is 14.2. The fraction of sp³-hybridized carbons (Fsp3) is 0.588. The summed E-state index contributed by atoms with van der Waals surface area (Å²) >= 11 is 2.99. The molecule has 3 rings (SSSR count). The molecule has 0 aromatic heterocycles. The van der Waals surface area contributed by atoms with Crippen LogP contribution in [-0.4, -0.2) is 42.3 Å². The number of carbonyl (C=O) groups excluding carboxylic acids is 1. The van der Waals surface area contributed by atoms with Crippen LogP contribution in [0.1, 0.15) is 27.2 Å². The number of anilines is 1. The molecule has 0 aliphatic carbocycles. The van der Waals surface area contributed by atoms with Gasteiger partial charge in [-0.2, -0.15) is 0 Å². The SMILES string of the molecule is CC(C)(C)OC(=O)N1CCC2CN(c3cc(F)c(Br)cc3F)CC21. The zero-order valence-electron chi connectivity index (χ0n) is 14.0. The quantitative estimate of drug-likeness (QED) is 0.660. The minimum atomic E-state index is -0.547. The van der Waals surface area contributed by atoms with Crippen molar-refractivity contribution in [3.05, 3.63) is 28.2 Å². The molecule has 2 aliphatic rings. The lowest BCUT2D eigenvalue weighted by atomic mass is 10.1. The molecule has 0 N–H and O–H groups in total. The topological polar surface area (TPSA) is 32.8 Å². The van der Waals surface area contributed by atoms with Gasteiger partial charge in [-0.15, -0.1) is 0 Å². The van der Waals surface area contributed by atoms with E-state index in [1.165, 1.54) is 6.07 Å². The summed E-state index contributed by atoms with van der Waals surface area (Å²) in [7, 11) is 0. The van der Waals surface area contributed by atoms with Crippen LogP contribution in [0.15, 0.2) is 16.6 Å². The number of nitrogens with zero attached hydrogens (tertiary/aromatic N) is 2. The Morgan fingerprint density at radius 2 is 1.96 bits per heavy atom. The number of carbonyl (C=O) groups is 1. The Morgan fingerprint density at radius 1 is 1.25 bits per heavy atom. The van der Waals surface area contributed by atoms with Crippen LogP contribution < -0.4 is 4.90 Å². The van der Waals surface area contributed by atoms with Crippen LogP contribution in [0, 0.1) is 17.6 Å². The Bertz CT molecular complexity index is 663. The third-order valence-electron chi connectivity index (χ3n) is 4.51. The van der Waals surface area contributed by atoms with Gasteiger partial charge in [0, 0.05) is 31.6 Å². The number of likely N-dealkylation sites (tertiary alicyclic amines) is 1. The van der Waals surface area contributed by atoms with Crippen LogP contribution >= 0.6 is 15.9 Å². The summed E-state index contributed by atoms with van der Waals surface area (Å²) in [6.45, 7) is 7.25. The maximum absolute atomic E-state index is 14.2. The smallest absolute Gasteiger partial charge is 0.410 e. The van der Waals surface area contributed by atoms with E-state index in [2.05, 4.69) is 15.9 Å². The van der Waals surface area contributed by atoms with E-state index in [0.717, 1.165) is 12.5 Å². The second-order valence-corrected chi connectivity index (χ2v) is 8.27. The van der Waals surface area contributed by atoms with Gasteiger partial charge in [0.2, 0.25) is 0 Å². The van der Waals surface area contributed by atoms with Gasteiger partial charge >= 0.3 is 6.09 Å². The third-order valence-corrected chi connectivity index (χ3v) is 5.11. The summed E-state index contributed by atoms with van der Waals surface area (Å²) < 4.78 is 33.5. The predicted octanol–water partition coefficient (Wildman–Crippen LogP) is 4.17. The van der Waals surface area contributed by atoms with Crippen molar-refractivity contribution >= 4 is 27.7 Å². The first kappa shape index (κ1) is 17.5. The molecule has 0 spiro atoms. The number of fused-ring (bicyclic) bond motifs is 1. The highest BCUT2D eigenvalue weighted by molar-refractivity contribution is 9.10. The molecule has 1 aromatic carbocycles. The Kier molecular flexibility index (Phi) is 4.49. The fourth-order valence-electron chi connectivity index (χ4n) is 3.46. The predicted molar refractivity (Wildman–Crippen MR) is 91.1 cm³/mol. The molecule has 7 heteroatoms. The van der Waals surface area contributed by atoms with Crippen LogP contribution in [0.5, 0.6) is 0 Å². The molecule has 2 aliphatic heterocycles. The number of rotatable bonds is 1. The third kappa shape index (κ3) is 3.36. The monoisotopic (exact) mass is 402 g/mol. The van der Waals surface area contributed by atoms with Gasteiger partial charge in [-0.05, 0) is 49.2 Å². The van der Waals surface area contributed by atoms with Gasteiger partial charge in [0.25, 0.3) is 0 Å². The molecule has 1 amide bonds. The van der Waals surface area contributed by atoms with E-state index in [9.17, 15) is 13.6 Å². The van der Waals surface area contributed by atoms with Gasteiger partial charge in [0.05, 0.1) is 16.2 Å². The summed E-state index contributed by atoms with van der Waals surface area (Å²) in [4.78, 5) is 15.9. The van der Waals surface area contributed by atoms with E-state index in [4.69, 9.17) is 4.74 Å². The highest BCUT2D eigenvalue weighted by Crippen LogP contribution is 2.37. The zero-order chi connectivity index (χ0) is 17.6. The van der Waals surface area contributed by atoms with Crippen LogP contribution in [-0.2, 0) is 4.74 Å². The van der Waals surface area contributed by atoms with E-state index in [1.54, 1.807) is 4.90 Å². The Morgan fingerprint density at radius 3 is 2.62 bits per heavy atom. The molecule has 1 aromatic rings. The average molecular weight is 403 g/mol. The molecule has 0 saturated carbocycles. The molecule has 0 radical (unpaired) electrons. The van der Waals surface area contributed by atoms with Crippen molar-refractivity contribution in [3.8, 4) is 0 Å². The Hall–Kier alpha value is -1.37. The van der Waals surface area contributed by atoms with Crippen LogP contribution in [0.2, 0.25) is 0 Å². The number of halogens is 3. The number of amides is 1. The highest BCUT2D eigenvalue weighted by atomic mass is 79.9. The van der Waals surface area contributed by atoms with E-state index >= 15 is 0 Å². The first-order valence-electron chi connectivity index (χ1n) is 8.05. The zero-order valence-corrected chi connectivity index (χ0v) is 15.6. The minimum Gasteiger partial charge on any atom is -0.444 e. The molecule has 2 saturated heterocycles. The number of hydrogen-bond acceptors (Lipinski definition) is 3. The summed E-state index contributed by atoms with van der Waals surface area (Å²) in [6.07, 6.45) is 0.514. The number of hydrogen-bond donors (Lipinski definition) is 0. The standard InChI is InChI=1S/C17H21BrF2N2O2/c1-17(2,3)24-16(23)22-5-4-10-8-21(9-15(10)22)14-7-12(19)11(18)6-13(14)20/h6-7,10,15H,4-5,8-9H2,1-3H3. The Labute approximate surface area is 148 Å². The number of ether oxygens (including phenoxy) is 1. The van der Waals surface area contributed by atoms with Crippen LogP contribution in [0.25, 0.3) is 0 Å². The summed E-state index contributed by atoms with van der Waals surface area (Å²) in [6, 6.07) is 2.33. The molecule has 2 fully saturated rings. The molecule has 2 unspecified atom stereocenters. The Balaban J connectivity index is 1.75. The van der Waals surface area contributed by atoms with Crippen molar-refractivity contribution in [2.45, 2.75) is 38.8 Å². The summed E-state index contributed by atoms with van der Waals surface area (Å²) in [5.41, 5.74) is -0.303. The normalized spacial score (nSPS) is 23.6.